The Morgan fingerprint density at radius 1 is 0.846 bits per heavy atom. The molecule has 0 saturated carbocycles. The molecule has 0 atom stereocenters. The molecular formula is C14H25F2O9P. The molecule has 0 spiro atoms. The smallest absolute Gasteiger partial charge is 0.405 e. The number of carbonyl (C=O) groups is 2. The molecule has 0 unspecified atom stereocenters. The van der Waals surface area contributed by atoms with E-state index in [0.29, 0.717) is 0 Å². The number of halogens is 2. The number of aliphatic hydroxyl groups is 2. The number of hydrogen-bond acceptors (Lipinski definition) is 9. The number of ether oxygens (including phenoxy) is 2. The molecule has 0 rings (SSSR count). The number of rotatable bonds is 11. The van der Waals surface area contributed by atoms with Crippen molar-refractivity contribution in [2.75, 3.05) is 26.8 Å². The maximum Gasteiger partial charge on any atom is 0.405 e. The van der Waals surface area contributed by atoms with Gasteiger partial charge in [-0.15, -0.1) is 0 Å². The second-order valence-electron chi connectivity index (χ2n) is 6.78. The first kappa shape index (κ1) is 24.9. The summed E-state index contributed by atoms with van der Waals surface area (Å²) in [6.45, 7) is 2.21. The number of esters is 2. The predicted octanol–water partition coefficient (Wildman–Crippen LogP) is 1.86. The molecule has 154 valence electrons. The molecule has 0 fully saturated rings. The third kappa shape index (κ3) is 6.88. The van der Waals surface area contributed by atoms with E-state index in [-0.39, 0.29) is 6.92 Å². The third-order valence-corrected chi connectivity index (χ3v) is 5.05. The summed E-state index contributed by atoms with van der Waals surface area (Å²) in [5.74, 6) is -1.94. The van der Waals surface area contributed by atoms with Gasteiger partial charge in [-0.2, -0.15) is 8.78 Å². The molecule has 0 saturated heterocycles. The highest BCUT2D eigenvalue weighted by molar-refractivity contribution is 7.55. The summed E-state index contributed by atoms with van der Waals surface area (Å²) in [4.78, 5) is 23.2. The molecule has 0 aromatic rings. The van der Waals surface area contributed by atoms with Crippen LogP contribution in [0.15, 0.2) is 0 Å². The lowest BCUT2D eigenvalue weighted by Gasteiger charge is -2.25. The van der Waals surface area contributed by atoms with Crippen LogP contribution in [0, 0.1) is 10.8 Å². The number of carbonyl (C=O) groups excluding carboxylic acids is 2. The van der Waals surface area contributed by atoms with E-state index in [1.807, 2.05) is 0 Å². The van der Waals surface area contributed by atoms with E-state index in [2.05, 4.69) is 18.5 Å². The quantitative estimate of drug-likeness (QED) is 0.300. The van der Waals surface area contributed by atoms with Crippen molar-refractivity contribution >= 4 is 19.5 Å². The van der Waals surface area contributed by atoms with Gasteiger partial charge in [-0.25, -0.2) is 0 Å². The Morgan fingerprint density at radius 3 is 1.38 bits per heavy atom. The van der Waals surface area contributed by atoms with Gasteiger partial charge in [0.05, 0.1) is 24.0 Å². The molecule has 12 heteroatoms. The Hall–Kier alpha value is -1.13. The third-order valence-electron chi connectivity index (χ3n) is 3.20. The topological polar surface area (TPSA) is 129 Å². The summed E-state index contributed by atoms with van der Waals surface area (Å²) >= 11 is 0. The van der Waals surface area contributed by atoms with E-state index >= 15 is 0 Å². The fourth-order valence-electron chi connectivity index (χ4n) is 1.08. The van der Waals surface area contributed by atoms with Gasteiger partial charge in [0.15, 0.2) is 0 Å². The van der Waals surface area contributed by atoms with Gasteiger partial charge in [-0.1, -0.05) is 0 Å². The van der Waals surface area contributed by atoms with Crippen LogP contribution >= 0.6 is 7.60 Å². The first-order valence-electron chi connectivity index (χ1n) is 7.46. The highest BCUT2D eigenvalue weighted by Crippen LogP contribution is 2.61. The molecule has 0 aromatic heterocycles. The molecule has 0 bridgehead atoms. The lowest BCUT2D eigenvalue weighted by atomic mass is 9.95. The van der Waals surface area contributed by atoms with Crippen LogP contribution in [0.3, 0.4) is 0 Å². The minimum absolute atomic E-state index is 0.257. The van der Waals surface area contributed by atoms with Gasteiger partial charge in [-0.05, 0) is 27.7 Å². The minimum Gasteiger partial charge on any atom is -0.437 e. The van der Waals surface area contributed by atoms with Crippen LogP contribution < -0.4 is 0 Å². The summed E-state index contributed by atoms with van der Waals surface area (Å²) in [6, 6.07) is 0. The lowest BCUT2D eigenvalue weighted by molar-refractivity contribution is -0.166. The van der Waals surface area contributed by atoms with Gasteiger partial charge >= 0.3 is 25.2 Å². The Bertz CT molecular complexity index is 505. The van der Waals surface area contributed by atoms with Crippen molar-refractivity contribution in [3.05, 3.63) is 0 Å². The van der Waals surface area contributed by atoms with Crippen LogP contribution in [0.25, 0.3) is 0 Å². The summed E-state index contributed by atoms with van der Waals surface area (Å²) in [7, 11) is -5.15. The first-order valence-corrected chi connectivity index (χ1v) is 9.00. The Morgan fingerprint density at radius 2 is 1.15 bits per heavy atom. The van der Waals surface area contributed by atoms with Gasteiger partial charge in [-0.3, -0.25) is 23.2 Å². The van der Waals surface area contributed by atoms with Gasteiger partial charge < -0.3 is 19.7 Å². The molecule has 0 aromatic carbocycles. The van der Waals surface area contributed by atoms with Crippen molar-refractivity contribution in [1.29, 1.82) is 0 Å². The van der Waals surface area contributed by atoms with E-state index in [1.165, 1.54) is 27.7 Å². The average Bonchev–Trinajstić information content (AvgIpc) is 2.53. The largest absolute Gasteiger partial charge is 0.437 e. The van der Waals surface area contributed by atoms with Crippen LogP contribution in [-0.4, -0.2) is 54.6 Å². The molecule has 0 amide bonds. The molecule has 9 nitrogen and oxygen atoms in total. The Balaban J connectivity index is 4.81. The van der Waals surface area contributed by atoms with Crippen molar-refractivity contribution < 1.29 is 51.7 Å². The standard InChI is InChI=1S/C14H25F2O9P/c1-12(2,6-17)10(19)22-8-24-26(21,14(5,15)16)25-9-23-11(20)13(3,4)7-18/h17-18H,6-9H2,1-5H3. The lowest BCUT2D eigenvalue weighted by Crippen LogP contribution is -2.32. The normalized spacial score (nSPS) is 13.4. The Labute approximate surface area is 150 Å². The molecule has 0 aliphatic rings. The van der Waals surface area contributed by atoms with Gasteiger partial charge in [0.2, 0.25) is 13.6 Å². The van der Waals surface area contributed by atoms with Crippen LogP contribution in [0.4, 0.5) is 8.78 Å². The van der Waals surface area contributed by atoms with Gasteiger partial charge in [0.1, 0.15) is 0 Å². The van der Waals surface area contributed by atoms with Crippen molar-refractivity contribution in [3.8, 4) is 0 Å². The molecule has 0 aliphatic carbocycles. The second-order valence-corrected chi connectivity index (χ2v) is 9.08. The first-order chi connectivity index (χ1) is 11.6. The zero-order valence-corrected chi connectivity index (χ0v) is 16.2. The molecule has 2 N–H and O–H groups in total. The van der Waals surface area contributed by atoms with Crippen molar-refractivity contribution in [1.82, 2.24) is 0 Å². The van der Waals surface area contributed by atoms with Crippen LogP contribution in [-0.2, 0) is 32.7 Å². The van der Waals surface area contributed by atoms with E-state index in [0.717, 1.165) is 0 Å². The van der Waals surface area contributed by atoms with E-state index in [1.54, 1.807) is 0 Å². The molecule has 0 aliphatic heterocycles. The van der Waals surface area contributed by atoms with Gasteiger partial charge in [0.25, 0.3) is 0 Å². The number of alkyl halides is 2. The van der Waals surface area contributed by atoms with Crippen molar-refractivity contribution in [3.63, 3.8) is 0 Å². The van der Waals surface area contributed by atoms with Crippen molar-refractivity contribution in [2.45, 2.75) is 40.3 Å². The number of aliphatic hydroxyl groups excluding tert-OH is 2. The highest BCUT2D eigenvalue weighted by Gasteiger charge is 2.50. The highest BCUT2D eigenvalue weighted by atomic mass is 31.2. The SMILES string of the molecule is CC(C)(CO)C(=O)OCOP(=O)(OCOC(=O)C(C)(C)CO)C(C)(F)F. The van der Waals surface area contributed by atoms with E-state index in [9.17, 15) is 22.9 Å². The molecule has 0 radical (unpaired) electrons. The predicted molar refractivity (Wildman–Crippen MR) is 84.0 cm³/mol. The van der Waals surface area contributed by atoms with Crippen LogP contribution in [0.5, 0.6) is 0 Å². The zero-order valence-electron chi connectivity index (χ0n) is 15.3. The minimum atomic E-state index is -5.15. The van der Waals surface area contributed by atoms with Crippen LogP contribution in [0.2, 0.25) is 0 Å². The maximum absolute atomic E-state index is 13.5. The average molecular weight is 406 g/mol. The van der Waals surface area contributed by atoms with Crippen molar-refractivity contribution in [2.24, 2.45) is 10.8 Å². The summed E-state index contributed by atoms with van der Waals surface area (Å²) < 4.78 is 57.2. The second kappa shape index (κ2) is 9.18. The maximum atomic E-state index is 13.5. The summed E-state index contributed by atoms with van der Waals surface area (Å²) in [5.41, 5.74) is -6.60. The monoisotopic (exact) mass is 406 g/mol. The number of hydrogen-bond donors (Lipinski definition) is 2. The summed E-state index contributed by atoms with van der Waals surface area (Å²) in [6.07, 6.45) is 0. The fourth-order valence-corrected chi connectivity index (χ4v) is 1.99. The van der Waals surface area contributed by atoms with E-state index in [4.69, 9.17) is 10.2 Å². The molecular weight excluding hydrogens is 381 g/mol. The molecule has 26 heavy (non-hydrogen) atoms. The van der Waals surface area contributed by atoms with Crippen LogP contribution in [0.1, 0.15) is 34.6 Å². The Kier molecular flexibility index (Phi) is 8.78. The zero-order chi connectivity index (χ0) is 20.8. The fraction of sp³-hybridized carbons (Fsp3) is 0.857. The molecule has 0 heterocycles. The van der Waals surface area contributed by atoms with Gasteiger partial charge in [0, 0.05) is 6.92 Å². The van der Waals surface area contributed by atoms with E-state index < -0.39 is 62.8 Å². The summed E-state index contributed by atoms with van der Waals surface area (Å²) in [5, 5.41) is 18.0.